The Morgan fingerprint density at radius 2 is 1.84 bits per heavy atom. The molecule has 0 aliphatic carbocycles. The Kier molecular flexibility index (Phi) is 5.05. The maximum Gasteiger partial charge on any atom is 0.166 e. The van der Waals surface area contributed by atoms with Crippen LogP contribution in [0.1, 0.15) is 29.9 Å². The van der Waals surface area contributed by atoms with E-state index in [0.717, 1.165) is 30.2 Å². The fourth-order valence-corrected chi connectivity index (χ4v) is 2.72. The summed E-state index contributed by atoms with van der Waals surface area (Å²) < 4.78 is 16.2. The Hall–Kier alpha value is -1.26. The number of piperidine rings is 1. The minimum atomic E-state index is 0.540. The molecule has 0 bridgehead atoms. The van der Waals surface area contributed by atoms with Crippen molar-refractivity contribution in [1.82, 2.24) is 5.32 Å². The van der Waals surface area contributed by atoms with Crippen LogP contribution in [-0.2, 0) is 11.3 Å². The molecule has 1 aromatic rings. The van der Waals surface area contributed by atoms with E-state index in [9.17, 15) is 0 Å². The van der Waals surface area contributed by atoms with Crippen LogP contribution in [0.4, 0.5) is 0 Å². The summed E-state index contributed by atoms with van der Waals surface area (Å²) in [6, 6.07) is 4.30. The Balaban J connectivity index is 2.35. The van der Waals surface area contributed by atoms with Crippen LogP contribution in [0.2, 0.25) is 0 Å². The van der Waals surface area contributed by atoms with E-state index in [1.165, 1.54) is 18.4 Å². The van der Waals surface area contributed by atoms with E-state index in [1.807, 2.05) is 0 Å². The van der Waals surface area contributed by atoms with Crippen molar-refractivity contribution in [2.45, 2.75) is 25.4 Å². The van der Waals surface area contributed by atoms with Crippen molar-refractivity contribution >= 4 is 0 Å². The summed E-state index contributed by atoms with van der Waals surface area (Å²) in [6.07, 6.45) is 2.34. The van der Waals surface area contributed by atoms with Crippen molar-refractivity contribution < 1.29 is 14.2 Å². The smallest absolute Gasteiger partial charge is 0.166 e. The van der Waals surface area contributed by atoms with Crippen LogP contribution in [0.25, 0.3) is 0 Å². The zero-order valence-electron chi connectivity index (χ0n) is 12.0. The molecule has 1 aliphatic heterocycles. The minimum absolute atomic E-state index is 0.540. The van der Waals surface area contributed by atoms with Crippen molar-refractivity contribution in [3.05, 3.63) is 23.3 Å². The molecule has 1 aromatic carbocycles. The summed E-state index contributed by atoms with van der Waals surface area (Å²) in [5, 5.41) is 3.39. The molecular formula is C15H23NO3. The second kappa shape index (κ2) is 6.78. The summed E-state index contributed by atoms with van der Waals surface area (Å²) in [7, 11) is 5.05. The van der Waals surface area contributed by atoms with Gasteiger partial charge in [-0.1, -0.05) is 0 Å². The number of methoxy groups -OCH3 is 3. The molecule has 0 radical (unpaired) electrons. The van der Waals surface area contributed by atoms with E-state index in [0.29, 0.717) is 12.5 Å². The van der Waals surface area contributed by atoms with Gasteiger partial charge in [0.2, 0.25) is 0 Å². The number of hydrogen-bond acceptors (Lipinski definition) is 4. The number of nitrogens with one attached hydrogen (secondary N) is 1. The SMILES string of the molecule is COCc1cc(C2CCNCC2)cc(OC)c1OC. The molecule has 4 heteroatoms. The number of benzene rings is 1. The topological polar surface area (TPSA) is 39.7 Å². The van der Waals surface area contributed by atoms with Crippen LogP contribution in [0.15, 0.2) is 12.1 Å². The maximum absolute atomic E-state index is 5.46. The lowest BCUT2D eigenvalue weighted by Crippen LogP contribution is -2.26. The molecule has 1 saturated heterocycles. The standard InChI is InChI=1S/C15H23NO3/c1-17-10-13-8-12(11-4-6-16-7-5-11)9-14(18-2)15(13)19-3/h8-9,11,16H,4-7,10H2,1-3H3. The Labute approximate surface area is 115 Å². The highest BCUT2D eigenvalue weighted by molar-refractivity contribution is 5.50. The summed E-state index contributed by atoms with van der Waals surface area (Å²) in [5.74, 6) is 2.17. The number of rotatable bonds is 5. The van der Waals surface area contributed by atoms with Crippen LogP contribution in [0.5, 0.6) is 11.5 Å². The third-order valence-corrected chi connectivity index (χ3v) is 3.69. The minimum Gasteiger partial charge on any atom is -0.493 e. The average Bonchev–Trinajstić information content (AvgIpc) is 2.47. The Morgan fingerprint density at radius 1 is 1.11 bits per heavy atom. The third kappa shape index (κ3) is 3.19. The maximum atomic E-state index is 5.46. The first-order chi connectivity index (χ1) is 9.30. The van der Waals surface area contributed by atoms with E-state index >= 15 is 0 Å². The van der Waals surface area contributed by atoms with E-state index in [1.54, 1.807) is 21.3 Å². The monoisotopic (exact) mass is 265 g/mol. The van der Waals surface area contributed by atoms with Gasteiger partial charge in [0, 0.05) is 12.7 Å². The molecule has 0 amide bonds. The van der Waals surface area contributed by atoms with E-state index in [-0.39, 0.29) is 0 Å². The average molecular weight is 265 g/mol. The van der Waals surface area contributed by atoms with Gasteiger partial charge in [0.05, 0.1) is 20.8 Å². The lowest BCUT2D eigenvalue weighted by atomic mass is 9.89. The first-order valence-electron chi connectivity index (χ1n) is 6.74. The van der Waals surface area contributed by atoms with Gasteiger partial charge in [-0.2, -0.15) is 0 Å². The molecule has 1 aliphatic rings. The summed E-state index contributed by atoms with van der Waals surface area (Å²) in [6.45, 7) is 2.70. The second-order valence-electron chi connectivity index (χ2n) is 4.87. The van der Waals surface area contributed by atoms with Gasteiger partial charge in [0.25, 0.3) is 0 Å². The molecule has 0 atom stereocenters. The van der Waals surface area contributed by atoms with Crippen LogP contribution in [-0.4, -0.2) is 34.4 Å². The fourth-order valence-electron chi connectivity index (χ4n) is 2.72. The van der Waals surface area contributed by atoms with Crippen molar-refractivity contribution in [1.29, 1.82) is 0 Å². The molecule has 2 rings (SSSR count). The molecule has 106 valence electrons. The Bertz CT molecular complexity index is 414. The van der Waals surface area contributed by atoms with Crippen LogP contribution in [0.3, 0.4) is 0 Å². The van der Waals surface area contributed by atoms with Gasteiger partial charge in [-0.05, 0) is 49.5 Å². The van der Waals surface area contributed by atoms with Crippen LogP contribution >= 0.6 is 0 Å². The fraction of sp³-hybridized carbons (Fsp3) is 0.600. The lowest BCUT2D eigenvalue weighted by Gasteiger charge is -2.24. The summed E-state index contributed by atoms with van der Waals surface area (Å²) in [5.41, 5.74) is 2.38. The number of hydrogen-bond donors (Lipinski definition) is 1. The van der Waals surface area contributed by atoms with Crippen molar-refractivity contribution in [3.63, 3.8) is 0 Å². The van der Waals surface area contributed by atoms with Gasteiger partial charge in [-0.15, -0.1) is 0 Å². The first kappa shape index (κ1) is 14.2. The van der Waals surface area contributed by atoms with Crippen LogP contribution in [0, 0.1) is 0 Å². The molecule has 1 N–H and O–H groups in total. The predicted octanol–water partition coefficient (Wildman–Crippen LogP) is 2.32. The van der Waals surface area contributed by atoms with Gasteiger partial charge < -0.3 is 19.5 Å². The molecular weight excluding hydrogens is 242 g/mol. The van der Waals surface area contributed by atoms with Gasteiger partial charge in [0.15, 0.2) is 11.5 Å². The van der Waals surface area contributed by atoms with E-state index in [4.69, 9.17) is 14.2 Å². The molecule has 1 heterocycles. The highest BCUT2D eigenvalue weighted by Gasteiger charge is 2.19. The van der Waals surface area contributed by atoms with E-state index < -0.39 is 0 Å². The van der Waals surface area contributed by atoms with Crippen molar-refractivity contribution in [2.75, 3.05) is 34.4 Å². The quantitative estimate of drug-likeness (QED) is 0.887. The lowest BCUT2D eigenvalue weighted by molar-refractivity contribution is 0.180. The molecule has 0 spiro atoms. The molecule has 0 aromatic heterocycles. The van der Waals surface area contributed by atoms with Gasteiger partial charge in [-0.3, -0.25) is 0 Å². The second-order valence-corrected chi connectivity index (χ2v) is 4.87. The van der Waals surface area contributed by atoms with E-state index in [2.05, 4.69) is 17.4 Å². The molecule has 4 nitrogen and oxygen atoms in total. The molecule has 1 fully saturated rings. The Morgan fingerprint density at radius 3 is 2.42 bits per heavy atom. The first-order valence-corrected chi connectivity index (χ1v) is 6.74. The normalized spacial score (nSPS) is 16.4. The third-order valence-electron chi connectivity index (χ3n) is 3.69. The number of ether oxygens (including phenoxy) is 3. The summed E-state index contributed by atoms with van der Waals surface area (Å²) in [4.78, 5) is 0. The van der Waals surface area contributed by atoms with Gasteiger partial charge in [-0.25, -0.2) is 0 Å². The highest BCUT2D eigenvalue weighted by Crippen LogP contribution is 2.37. The van der Waals surface area contributed by atoms with Crippen molar-refractivity contribution in [3.8, 4) is 11.5 Å². The zero-order valence-corrected chi connectivity index (χ0v) is 12.0. The summed E-state index contributed by atoms with van der Waals surface area (Å²) >= 11 is 0. The predicted molar refractivity (Wildman–Crippen MR) is 75.1 cm³/mol. The molecule has 0 saturated carbocycles. The van der Waals surface area contributed by atoms with Crippen molar-refractivity contribution in [2.24, 2.45) is 0 Å². The largest absolute Gasteiger partial charge is 0.493 e. The molecule has 0 unspecified atom stereocenters. The van der Waals surface area contributed by atoms with Gasteiger partial charge in [0.1, 0.15) is 0 Å². The molecule has 19 heavy (non-hydrogen) atoms. The van der Waals surface area contributed by atoms with Crippen LogP contribution < -0.4 is 14.8 Å². The zero-order chi connectivity index (χ0) is 13.7. The van der Waals surface area contributed by atoms with Gasteiger partial charge >= 0.3 is 0 Å². The highest BCUT2D eigenvalue weighted by atomic mass is 16.5.